The highest BCUT2D eigenvalue weighted by molar-refractivity contribution is 5.81. The van der Waals surface area contributed by atoms with Crippen molar-refractivity contribution in [3.63, 3.8) is 0 Å². The quantitative estimate of drug-likeness (QED) is 0.743. The second-order valence-corrected chi connectivity index (χ2v) is 7.38. The lowest BCUT2D eigenvalue weighted by atomic mass is 10.0. The highest BCUT2D eigenvalue weighted by atomic mass is 16.2. The molecular weight excluding hydrogens is 352 g/mol. The van der Waals surface area contributed by atoms with E-state index in [1.54, 1.807) is 18.9 Å². The zero-order valence-electron chi connectivity index (χ0n) is 15.6. The number of anilines is 1. The van der Waals surface area contributed by atoms with Crippen LogP contribution in [0.5, 0.6) is 0 Å². The first-order valence-electron chi connectivity index (χ1n) is 9.71. The topological polar surface area (TPSA) is 75.9 Å². The van der Waals surface area contributed by atoms with Gasteiger partial charge in [-0.1, -0.05) is 18.2 Å². The lowest BCUT2D eigenvalue weighted by Crippen LogP contribution is -2.37. The van der Waals surface area contributed by atoms with Crippen LogP contribution < -0.4 is 5.32 Å². The Morgan fingerprint density at radius 1 is 1.21 bits per heavy atom. The van der Waals surface area contributed by atoms with Gasteiger partial charge in [0.25, 0.3) is 0 Å². The molecule has 1 fully saturated rings. The molecule has 2 aliphatic rings. The Kier molecular flexibility index (Phi) is 4.27. The van der Waals surface area contributed by atoms with Gasteiger partial charge >= 0.3 is 0 Å². The molecule has 0 radical (unpaired) electrons. The monoisotopic (exact) mass is 374 g/mol. The second-order valence-electron chi connectivity index (χ2n) is 7.38. The fraction of sp³-hybridized carbons (Fsp3) is 0.333. The van der Waals surface area contributed by atoms with E-state index in [-0.39, 0.29) is 11.8 Å². The van der Waals surface area contributed by atoms with Gasteiger partial charge in [0, 0.05) is 37.0 Å². The number of para-hydroxylation sites is 1. The number of imidazole rings is 1. The zero-order valence-corrected chi connectivity index (χ0v) is 15.6. The number of aromatic nitrogens is 4. The van der Waals surface area contributed by atoms with Gasteiger partial charge in [-0.3, -0.25) is 4.79 Å². The fourth-order valence-corrected chi connectivity index (χ4v) is 3.78. The Morgan fingerprint density at radius 3 is 2.93 bits per heavy atom. The van der Waals surface area contributed by atoms with Gasteiger partial charge in [0.1, 0.15) is 12.1 Å². The van der Waals surface area contributed by atoms with Crippen LogP contribution in [0, 0.1) is 5.92 Å². The van der Waals surface area contributed by atoms with Crippen molar-refractivity contribution >= 4 is 11.7 Å². The third kappa shape index (κ3) is 3.24. The van der Waals surface area contributed by atoms with E-state index in [0.717, 1.165) is 54.1 Å². The molecule has 0 unspecified atom stereocenters. The molecule has 0 saturated heterocycles. The van der Waals surface area contributed by atoms with E-state index in [4.69, 9.17) is 0 Å². The number of benzene rings is 1. The van der Waals surface area contributed by atoms with E-state index in [1.165, 1.54) is 0 Å². The number of carbonyl (C=O) groups excluding carboxylic acids is 1. The lowest BCUT2D eigenvalue weighted by Gasteiger charge is -2.29. The number of fused-ring (bicyclic) bond motifs is 1. The summed E-state index contributed by atoms with van der Waals surface area (Å²) in [4.78, 5) is 27.4. The molecule has 7 nitrogen and oxygen atoms in total. The first kappa shape index (κ1) is 16.9. The standard InChI is InChI=1S/C21H22N6O/c28-21(15-5-6-15)26-9-7-17-18(12-26)24-13-25-20(17)23-11-16-3-1-2-4-19(16)27-10-8-22-14-27/h1-4,8,10,13-15H,5-7,9,11-12H2,(H,23,24,25). The van der Waals surface area contributed by atoms with E-state index in [2.05, 4.69) is 32.4 Å². The third-order valence-corrected chi connectivity index (χ3v) is 5.47. The minimum absolute atomic E-state index is 0.251. The molecule has 0 spiro atoms. The Labute approximate surface area is 163 Å². The molecule has 0 bridgehead atoms. The molecule has 1 aliphatic heterocycles. The van der Waals surface area contributed by atoms with Crippen LogP contribution in [-0.2, 0) is 24.3 Å². The largest absolute Gasteiger partial charge is 0.366 e. The zero-order chi connectivity index (χ0) is 18.9. The molecule has 1 N–H and O–H groups in total. The molecule has 3 aromatic rings. The van der Waals surface area contributed by atoms with Gasteiger partial charge in [-0.25, -0.2) is 15.0 Å². The second kappa shape index (κ2) is 7.07. The van der Waals surface area contributed by atoms with Gasteiger partial charge in [0.2, 0.25) is 5.91 Å². The first-order valence-corrected chi connectivity index (χ1v) is 9.71. The van der Waals surface area contributed by atoms with Crippen LogP contribution >= 0.6 is 0 Å². The molecule has 28 heavy (non-hydrogen) atoms. The highest BCUT2D eigenvalue weighted by Crippen LogP contribution is 2.33. The maximum absolute atomic E-state index is 12.4. The van der Waals surface area contributed by atoms with Gasteiger partial charge in [0.05, 0.1) is 24.3 Å². The van der Waals surface area contributed by atoms with Crippen LogP contribution in [0.3, 0.4) is 0 Å². The summed E-state index contributed by atoms with van der Waals surface area (Å²) in [6.07, 6.45) is 9.98. The van der Waals surface area contributed by atoms with Crippen molar-refractivity contribution in [2.75, 3.05) is 11.9 Å². The molecule has 7 heteroatoms. The molecule has 0 atom stereocenters. The van der Waals surface area contributed by atoms with E-state index in [0.29, 0.717) is 13.1 Å². The van der Waals surface area contributed by atoms with Crippen molar-refractivity contribution in [3.8, 4) is 5.69 Å². The molecular formula is C21H22N6O. The lowest BCUT2D eigenvalue weighted by molar-refractivity contribution is -0.133. The van der Waals surface area contributed by atoms with Crippen molar-refractivity contribution < 1.29 is 4.79 Å². The Balaban J connectivity index is 1.34. The molecule has 1 aliphatic carbocycles. The van der Waals surface area contributed by atoms with E-state index in [1.807, 2.05) is 27.8 Å². The normalized spacial score (nSPS) is 15.9. The van der Waals surface area contributed by atoms with Gasteiger partial charge in [-0.05, 0) is 30.9 Å². The summed E-state index contributed by atoms with van der Waals surface area (Å²) in [7, 11) is 0. The summed E-state index contributed by atoms with van der Waals surface area (Å²) < 4.78 is 2.01. The predicted octanol–water partition coefficient (Wildman–Crippen LogP) is 2.57. The summed E-state index contributed by atoms with van der Waals surface area (Å²) >= 11 is 0. The maximum atomic E-state index is 12.4. The molecule has 2 aromatic heterocycles. The first-order chi connectivity index (χ1) is 13.8. The SMILES string of the molecule is O=C(C1CC1)N1CCc2c(ncnc2NCc2ccccc2-n2ccnc2)C1. The summed E-state index contributed by atoms with van der Waals surface area (Å²) in [5, 5.41) is 3.48. The third-order valence-electron chi connectivity index (χ3n) is 5.47. The van der Waals surface area contributed by atoms with Crippen molar-refractivity contribution in [1.82, 2.24) is 24.4 Å². The minimum atomic E-state index is 0.251. The molecule has 1 amide bonds. The summed E-state index contributed by atoms with van der Waals surface area (Å²) in [5.41, 5.74) is 4.34. The fourth-order valence-electron chi connectivity index (χ4n) is 3.78. The number of rotatable bonds is 5. The Bertz CT molecular complexity index is 996. The minimum Gasteiger partial charge on any atom is -0.366 e. The number of carbonyl (C=O) groups is 1. The van der Waals surface area contributed by atoms with Gasteiger partial charge in [-0.15, -0.1) is 0 Å². The summed E-state index contributed by atoms with van der Waals surface area (Å²) in [6, 6.07) is 8.24. The summed E-state index contributed by atoms with van der Waals surface area (Å²) in [6.45, 7) is 1.99. The maximum Gasteiger partial charge on any atom is 0.226 e. The Morgan fingerprint density at radius 2 is 2.11 bits per heavy atom. The van der Waals surface area contributed by atoms with Crippen molar-refractivity contribution in [2.45, 2.75) is 32.4 Å². The molecule has 3 heterocycles. The van der Waals surface area contributed by atoms with E-state index in [9.17, 15) is 4.79 Å². The van der Waals surface area contributed by atoms with E-state index >= 15 is 0 Å². The number of nitrogens with zero attached hydrogens (tertiary/aromatic N) is 5. The molecule has 1 saturated carbocycles. The number of hydrogen-bond acceptors (Lipinski definition) is 5. The Hall–Kier alpha value is -3.22. The highest BCUT2D eigenvalue weighted by Gasteiger charge is 2.35. The van der Waals surface area contributed by atoms with E-state index < -0.39 is 0 Å². The van der Waals surface area contributed by atoms with Gasteiger partial charge in [-0.2, -0.15) is 0 Å². The summed E-state index contributed by atoms with van der Waals surface area (Å²) in [5.74, 6) is 1.40. The molecule has 5 rings (SSSR count). The number of amides is 1. The van der Waals surface area contributed by atoms with Crippen LogP contribution in [0.1, 0.15) is 29.7 Å². The number of nitrogens with one attached hydrogen (secondary N) is 1. The van der Waals surface area contributed by atoms with Crippen LogP contribution in [0.2, 0.25) is 0 Å². The average Bonchev–Trinajstić information content (AvgIpc) is 3.45. The van der Waals surface area contributed by atoms with Crippen molar-refractivity contribution in [3.05, 3.63) is 66.1 Å². The van der Waals surface area contributed by atoms with Crippen molar-refractivity contribution in [1.29, 1.82) is 0 Å². The number of hydrogen-bond donors (Lipinski definition) is 1. The van der Waals surface area contributed by atoms with Crippen molar-refractivity contribution in [2.24, 2.45) is 5.92 Å². The smallest absolute Gasteiger partial charge is 0.226 e. The van der Waals surface area contributed by atoms with Gasteiger partial charge < -0.3 is 14.8 Å². The van der Waals surface area contributed by atoms with Crippen LogP contribution in [0.25, 0.3) is 5.69 Å². The predicted molar refractivity (Wildman–Crippen MR) is 105 cm³/mol. The van der Waals surface area contributed by atoms with Crippen LogP contribution in [-0.4, -0.2) is 36.9 Å². The van der Waals surface area contributed by atoms with Crippen LogP contribution in [0.4, 0.5) is 5.82 Å². The molecule has 1 aromatic carbocycles. The average molecular weight is 374 g/mol. The molecule has 142 valence electrons. The van der Waals surface area contributed by atoms with Gasteiger partial charge in [0.15, 0.2) is 0 Å². The van der Waals surface area contributed by atoms with Crippen LogP contribution in [0.15, 0.2) is 49.3 Å².